The van der Waals surface area contributed by atoms with Crippen LogP contribution in [0.25, 0.3) is 0 Å². The van der Waals surface area contributed by atoms with E-state index in [0.29, 0.717) is 0 Å². The summed E-state index contributed by atoms with van der Waals surface area (Å²) in [5.41, 5.74) is 1.12. The summed E-state index contributed by atoms with van der Waals surface area (Å²) in [4.78, 5) is 0. The van der Waals surface area contributed by atoms with Crippen molar-refractivity contribution in [3.63, 3.8) is 0 Å². The third-order valence-corrected chi connectivity index (χ3v) is 8.67. The van der Waals surface area contributed by atoms with E-state index in [2.05, 4.69) is 0 Å². The van der Waals surface area contributed by atoms with Gasteiger partial charge in [-0.3, -0.25) is 0 Å². The molecule has 4 heteroatoms. The average Bonchev–Trinajstić information content (AvgIpc) is 2.55. The van der Waals surface area contributed by atoms with E-state index in [1.807, 2.05) is 43.3 Å². The van der Waals surface area contributed by atoms with Crippen molar-refractivity contribution in [3.8, 4) is 0 Å². The third-order valence-electron chi connectivity index (χ3n) is 3.74. The molecule has 3 aromatic carbocycles. The first-order valence-corrected chi connectivity index (χ1v) is 10.00. The predicted octanol–water partition coefficient (Wildman–Crippen LogP) is 4.03. The van der Waals surface area contributed by atoms with Gasteiger partial charge in [-0.05, 0) is 47.1 Å². The summed E-state index contributed by atoms with van der Waals surface area (Å²) in [6.07, 6.45) is 0. The van der Waals surface area contributed by atoms with Crippen molar-refractivity contribution in [1.29, 1.82) is 0 Å². The summed E-state index contributed by atoms with van der Waals surface area (Å²) in [6, 6.07) is 18.1. The molecule has 0 amide bonds. The molecule has 0 saturated carbocycles. The molecule has 23 heavy (non-hydrogen) atoms. The molecule has 0 heterocycles. The van der Waals surface area contributed by atoms with Crippen molar-refractivity contribution < 1.29 is 8.78 Å². The van der Waals surface area contributed by atoms with Crippen LogP contribution in [-0.4, -0.2) is 0 Å². The maximum absolute atomic E-state index is 13.8. The van der Waals surface area contributed by atoms with Crippen LogP contribution < -0.4 is 15.9 Å². The molecule has 0 aliphatic heterocycles. The van der Waals surface area contributed by atoms with Gasteiger partial charge in [0.15, 0.2) is 0 Å². The van der Waals surface area contributed by atoms with Gasteiger partial charge in [0.1, 0.15) is 11.6 Å². The molecule has 0 aliphatic carbocycles. The Morgan fingerprint density at radius 1 is 0.696 bits per heavy atom. The second-order valence-corrected chi connectivity index (χ2v) is 9.82. The van der Waals surface area contributed by atoms with Gasteiger partial charge in [-0.25, -0.2) is 8.78 Å². The highest BCUT2D eigenvalue weighted by molar-refractivity contribution is 8.25. The number of benzene rings is 3. The van der Waals surface area contributed by atoms with Gasteiger partial charge in [0.25, 0.3) is 0 Å². The normalized spacial score (nSPS) is 11.4. The predicted molar refractivity (Wildman–Crippen MR) is 97.2 cm³/mol. The Balaban J connectivity index is 2.29. The number of halogens is 2. The first kappa shape index (κ1) is 16.0. The molecule has 0 atom stereocenters. The molecular weight excluding hydrogens is 329 g/mol. The minimum absolute atomic E-state index is 0.333. The smallest absolute Gasteiger partial charge is 0.123 e. The van der Waals surface area contributed by atoms with Crippen LogP contribution in [0.3, 0.4) is 0 Å². The van der Waals surface area contributed by atoms with Crippen LogP contribution >= 0.6 is 6.04 Å². The van der Waals surface area contributed by atoms with Crippen molar-refractivity contribution in [1.82, 2.24) is 0 Å². The van der Waals surface area contributed by atoms with Crippen LogP contribution in [0.2, 0.25) is 0 Å². The summed E-state index contributed by atoms with van der Waals surface area (Å²) in [7, 11) is 0. The lowest BCUT2D eigenvalue weighted by Gasteiger charge is -2.24. The summed E-state index contributed by atoms with van der Waals surface area (Å²) in [5.74, 6) is -0.666. The molecule has 0 N–H and O–H groups in total. The minimum Gasteiger partial charge on any atom is -0.207 e. The lowest BCUT2D eigenvalue weighted by molar-refractivity contribution is 0.629. The van der Waals surface area contributed by atoms with Crippen molar-refractivity contribution in [2.75, 3.05) is 0 Å². The molecule has 0 saturated heterocycles. The zero-order chi connectivity index (χ0) is 16.4. The van der Waals surface area contributed by atoms with E-state index < -0.39 is 6.04 Å². The minimum atomic E-state index is -2.50. The molecule has 116 valence electrons. The zero-order valence-corrected chi connectivity index (χ0v) is 14.3. The average molecular weight is 344 g/mol. The fourth-order valence-corrected chi connectivity index (χ4v) is 6.26. The maximum Gasteiger partial charge on any atom is 0.123 e. The molecule has 0 bridgehead atoms. The van der Waals surface area contributed by atoms with Crippen molar-refractivity contribution in [2.45, 2.75) is 6.92 Å². The number of aryl methyl sites for hydroxylation is 1. The van der Waals surface area contributed by atoms with Gasteiger partial charge in [-0.1, -0.05) is 65.9 Å². The summed E-state index contributed by atoms with van der Waals surface area (Å²) in [5, 5.41) is 2.37. The zero-order valence-electron chi connectivity index (χ0n) is 12.5. The quantitative estimate of drug-likeness (QED) is 0.647. The van der Waals surface area contributed by atoms with E-state index in [1.165, 1.54) is 24.3 Å². The Morgan fingerprint density at radius 2 is 1.17 bits per heavy atom. The van der Waals surface area contributed by atoms with Crippen molar-refractivity contribution in [2.24, 2.45) is 0 Å². The Morgan fingerprint density at radius 3 is 1.61 bits per heavy atom. The van der Waals surface area contributed by atoms with E-state index in [-0.39, 0.29) is 11.6 Å². The molecule has 3 rings (SSSR count). The van der Waals surface area contributed by atoms with Crippen molar-refractivity contribution in [3.05, 3.63) is 90.0 Å². The summed E-state index contributed by atoms with van der Waals surface area (Å²) >= 11 is 6.04. The highest BCUT2D eigenvalue weighted by Crippen LogP contribution is 2.42. The third kappa shape index (κ3) is 3.12. The molecule has 0 aromatic heterocycles. The fraction of sp³-hybridized carbons (Fsp3) is 0.0526. The van der Waals surface area contributed by atoms with Gasteiger partial charge in [-0.15, -0.1) is 0 Å². The van der Waals surface area contributed by atoms with Gasteiger partial charge in [0.05, 0.1) is 0 Å². The van der Waals surface area contributed by atoms with Crippen LogP contribution in [0.15, 0.2) is 72.8 Å². The Kier molecular flexibility index (Phi) is 4.43. The fourth-order valence-electron chi connectivity index (χ4n) is 2.55. The van der Waals surface area contributed by atoms with Crippen LogP contribution in [0.5, 0.6) is 0 Å². The van der Waals surface area contributed by atoms with E-state index in [1.54, 1.807) is 12.1 Å². The largest absolute Gasteiger partial charge is 0.207 e. The molecule has 3 aromatic rings. The molecular formula is C19H15F2PS. The van der Waals surface area contributed by atoms with E-state index in [4.69, 9.17) is 11.8 Å². The first-order valence-electron chi connectivity index (χ1n) is 7.20. The molecule has 0 unspecified atom stereocenters. The second-order valence-electron chi connectivity index (χ2n) is 5.40. The molecule has 0 spiro atoms. The Bertz CT molecular complexity index is 838. The standard InChI is InChI=1S/C19H15F2PS/c1-14-8-10-17(11-9-14)22(23,18-6-2-4-15(20)12-18)19-7-3-5-16(21)13-19/h2-13H,1H3. The first-order chi connectivity index (χ1) is 11.0. The van der Waals surface area contributed by atoms with Crippen molar-refractivity contribution >= 4 is 33.8 Å². The van der Waals surface area contributed by atoms with E-state index in [0.717, 1.165) is 21.5 Å². The Labute approximate surface area is 139 Å². The molecule has 0 aliphatic rings. The summed E-state index contributed by atoms with van der Waals surface area (Å²) < 4.78 is 27.5. The van der Waals surface area contributed by atoms with Gasteiger partial charge in [0.2, 0.25) is 0 Å². The monoisotopic (exact) mass is 344 g/mol. The molecule has 0 radical (unpaired) electrons. The highest BCUT2D eigenvalue weighted by atomic mass is 32.4. The maximum atomic E-state index is 13.8. The van der Waals surface area contributed by atoms with Crippen LogP contribution in [0, 0.1) is 18.6 Å². The lowest BCUT2D eigenvalue weighted by atomic mass is 10.2. The lowest BCUT2D eigenvalue weighted by Crippen LogP contribution is -2.25. The van der Waals surface area contributed by atoms with E-state index >= 15 is 0 Å². The van der Waals surface area contributed by atoms with Crippen LogP contribution in [0.4, 0.5) is 8.78 Å². The Hall–Kier alpha value is -1.83. The van der Waals surface area contributed by atoms with Crippen LogP contribution in [0.1, 0.15) is 5.56 Å². The molecule has 0 nitrogen and oxygen atoms in total. The van der Waals surface area contributed by atoms with E-state index in [9.17, 15) is 8.78 Å². The van der Waals surface area contributed by atoms with Gasteiger partial charge < -0.3 is 0 Å². The van der Waals surface area contributed by atoms with Gasteiger partial charge in [-0.2, -0.15) is 0 Å². The number of hydrogen-bond acceptors (Lipinski definition) is 1. The second kappa shape index (κ2) is 6.35. The topological polar surface area (TPSA) is 0 Å². The van der Waals surface area contributed by atoms with Gasteiger partial charge in [0, 0.05) is 6.04 Å². The van der Waals surface area contributed by atoms with Crippen LogP contribution in [-0.2, 0) is 11.8 Å². The number of hydrogen-bond donors (Lipinski definition) is 0. The van der Waals surface area contributed by atoms with Gasteiger partial charge >= 0.3 is 0 Å². The highest BCUT2D eigenvalue weighted by Gasteiger charge is 2.25. The molecule has 0 fully saturated rings. The summed E-state index contributed by atoms with van der Waals surface area (Å²) in [6.45, 7) is 2.00. The number of rotatable bonds is 3. The SMILES string of the molecule is Cc1ccc(P(=S)(c2cccc(F)c2)c2cccc(F)c2)cc1.